The van der Waals surface area contributed by atoms with E-state index in [4.69, 9.17) is 9.47 Å². The van der Waals surface area contributed by atoms with Crippen molar-refractivity contribution in [3.63, 3.8) is 0 Å². The van der Waals surface area contributed by atoms with Crippen LogP contribution in [0.4, 0.5) is 28.4 Å². The van der Waals surface area contributed by atoms with Crippen LogP contribution in [0.1, 0.15) is 22.8 Å². The molecule has 1 aliphatic rings. The van der Waals surface area contributed by atoms with Gasteiger partial charge in [-0.15, -0.1) is 0 Å². The molecule has 1 fully saturated rings. The van der Waals surface area contributed by atoms with Crippen LogP contribution in [0.2, 0.25) is 0 Å². The maximum atomic E-state index is 11.7. The van der Waals surface area contributed by atoms with Gasteiger partial charge >= 0.3 is 5.97 Å². The Hall–Kier alpha value is -3.91. The van der Waals surface area contributed by atoms with E-state index < -0.39 is 0 Å². The molecule has 1 aliphatic heterocycles. The molecule has 0 spiro atoms. The Morgan fingerprint density at radius 3 is 2.09 bits per heavy atom. The molecule has 0 atom stereocenters. The van der Waals surface area contributed by atoms with Crippen LogP contribution in [-0.2, 0) is 9.47 Å². The van der Waals surface area contributed by atoms with E-state index in [0.717, 1.165) is 48.9 Å². The highest BCUT2D eigenvalue weighted by Gasteiger charge is 2.10. The molecule has 0 radical (unpaired) electrons. The summed E-state index contributed by atoms with van der Waals surface area (Å²) in [6.07, 6.45) is 0. The quantitative estimate of drug-likeness (QED) is 0.287. The fourth-order valence-electron chi connectivity index (χ4n) is 3.47. The van der Waals surface area contributed by atoms with E-state index in [1.165, 1.54) is 5.69 Å². The van der Waals surface area contributed by atoms with Crippen LogP contribution in [0.15, 0.2) is 87.2 Å². The molecule has 3 aromatic carbocycles. The van der Waals surface area contributed by atoms with Gasteiger partial charge in [-0.05, 0) is 86.1 Å². The Morgan fingerprint density at radius 2 is 1.44 bits per heavy atom. The van der Waals surface area contributed by atoms with Crippen LogP contribution in [0.3, 0.4) is 0 Å². The van der Waals surface area contributed by atoms with Crippen molar-refractivity contribution < 1.29 is 14.3 Å². The fraction of sp³-hybridized carbons (Fsp3) is 0.269. The second-order valence-corrected chi connectivity index (χ2v) is 7.75. The van der Waals surface area contributed by atoms with Gasteiger partial charge in [-0.25, -0.2) is 4.79 Å². The van der Waals surface area contributed by atoms with Crippen molar-refractivity contribution in [2.75, 3.05) is 37.8 Å². The van der Waals surface area contributed by atoms with Gasteiger partial charge in [-0.3, -0.25) is 0 Å². The fourth-order valence-corrected chi connectivity index (χ4v) is 3.47. The van der Waals surface area contributed by atoms with Crippen LogP contribution in [0.5, 0.6) is 0 Å². The molecule has 4 rings (SSSR count). The number of benzene rings is 3. The Kier molecular flexibility index (Phi) is 7.72. The van der Waals surface area contributed by atoms with Crippen LogP contribution < -0.4 is 4.90 Å². The van der Waals surface area contributed by atoms with E-state index in [0.29, 0.717) is 17.9 Å². The molecule has 3 aromatic rings. The first-order valence-corrected chi connectivity index (χ1v) is 11.3. The molecule has 0 bridgehead atoms. The minimum atomic E-state index is -0.348. The number of morpholine rings is 1. The van der Waals surface area contributed by atoms with Crippen molar-refractivity contribution in [2.24, 2.45) is 20.5 Å². The van der Waals surface area contributed by atoms with Gasteiger partial charge in [0.2, 0.25) is 0 Å². The molecule has 8 heteroatoms. The molecule has 1 saturated heterocycles. The van der Waals surface area contributed by atoms with Gasteiger partial charge < -0.3 is 14.4 Å². The third kappa shape index (κ3) is 6.11. The highest BCUT2D eigenvalue weighted by Crippen LogP contribution is 2.28. The van der Waals surface area contributed by atoms with Crippen molar-refractivity contribution >= 4 is 34.4 Å². The maximum Gasteiger partial charge on any atom is 0.338 e. The molecule has 34 heavy (non-hydrogen) atoms. The molecule has 0 aliphatic carbocycles. The Bertz CT molecular complexity index is 1170. The number of nitrogens with zero attached hydrogens (tertiary/aromatic N) is 5. The molecule has 0 aromatic heterocycles. The zero-order valence-corrected chi connectivity index (χ0v) is 19.3. The number of hydrogen-bond donors (Lipinski definition) is 0. The molecular formula is C26H27N5O3. The van der Waals surface area contributed by atoms with Crippen LogP contribution >= 0.6 is 0 Å². The van der Waals surface area contributed by atoms with Gasteiger partial charge in [0.15, 0.2) is 0 Å². The molecule has 8 nitrogen and oxygen atoms in total. The molecule has 0 N–H and O–H groups in total. The third-order valence-electron chi connectivity index (χ3n) is 5.34. The van der Waals surface area contributed by atoms with E-state index >= 15 is 0 Å². The third-order valence-corrected chi connectivity index (χ3v) is 5.34. The maximum absolute atomic E-state index is 11.7. The number of carbonyl (C=O) groups excluding carboxylic acids is 1. The molecule has 174 valence electrons. The molecule has 0 saturated carbocycles. The second kappa shape index (κ2) is 11.3. The lowest BCUT2D eigenvalue weighted by Gasteiger charge is -2.28. The SMILES string of the molecule is CCOC(=O)c1ccc(/N=N/c2ccc(/N=N/c3ccc(N4CCOCC4)cc3)cc2C)cc1. The number of aryl methyl sites for hydroxylation is 1. The topological polar surface area (TPSA) is 88.2 Å². The largest absolute Gasteiger partial charge is 0.462 e. The molecule has 1 heterocycles. The summed E-state index contributed by atoms with van der Waals surface area (Å²) in [6, 6.07) is 20.5. The van der Waals surface area contributed by atoms with E-state index in [9.17, 15) is 4.79 Å². The number of ether oxygens (including phenoxy) is 2. The van der Waals surface area contributed by atoms with Gasteiger partial charge in [0.25, 0.3) is 0 Å². The van der Waals surface area contributed by atoms with Gasteiger partial charge in [-0.2, -0.15) is 20.5 Å². The zero-order chi connectivity index (χ0) is 23.8. The lowest BCUT2D eigenvalue weighted by atomic mass is 10.2. The monoisotopic (exact) mass is 457 g/mol. The first kappa shape index (κ1) is 23.3. The van der Waals surface area contributed by atoms with Gasteiger partial charge in [-0.1, -0.05) is 0 Å². The summed E-state index contributed by atoms with van der Waals surface area (Å²) in [7, 11) is 0. The minimum Gasteiger partial charge on any atom is -0.462 e. The van der Waals surface area contributed by atoms with Crippen molar-refractivity contribution in [1.29, 1.82) is 0 Å². The molecular weight excluding hydrogens is 430 g/mol. The van der Waals surface area contributed by atoms with Crippen LogP contribution in [0, 0.1) is 6.92 Å². The highest BCUT2D eigenvalue weighted by molar-refractivity contribution is 5.89. The summed E-state index contributed by atoms with van der Waals surface area (Å²) in [6.45, 7) is 7.41. The van der Waals surface area contributed by atoms with Crippen molar-refractivity contribution in [2.45, 2.75) is 13.8 Å². The van der Waals surface area contributed by atoms with E-state index in [-0.39, 0.29) is 5.97 Å². The summed E-state index contributed by atoms with van der Waals surface area (Å²) >= 11 is 0. The average molecular weight is 458 g/mol. The standard InChI is InChI=1S/C26H27N5O3/c1-3-34-26(32)20-4-6-21(7-5-20)28-30-25-13-10-23(18-19(25)2)29-27-22-8-11-24(12-9-22)31-14-16-33-17-15-31/h4-13,18H,3,14-17H2,1-2H3/b29-27+,30-28+. The van der Waals surface area contributed by atoms with E-state index in [2.05, 4.69) is 37.5 Å². The summed E-state index contributed by atoms with van der Waals surface area (Å²) in [4.78, 5) is 14.0. The number of hydrogen-bond acceptors (Lipinski definition) is 8. The Balaban J connectivity index is 1.38. The number of carbonyl (C=O) groups is 1. The van der Waals surface area contributed by atoms with E-state index in [1.54, 1.807) is 31.2 Å². The predicted octanol–water partition coefficient (Wildman–Crippen LogP) is 6.84. The van der Waals surface area contributed by atoms with Gasteiger partial charge in [0.05, 0.1) is 48.1 Å². The average Bonchev–Trinajstić information content (AvgIpc) is 2.88. The summed E-state index contributed by atoms with van der Waals surface area (Å²) in [5.41, 5.74) is 5.52. The lowest BCUT2D eigenvalue weighted by Crippen LogP contribution is -2.36. The van der Waals surface area contributed by atoms with Crippen LogP contribution in [-0.4, -0.2) is 38.9 Å². The number of anilines is 1. The normalized spacial score (nSPS) is 14.1. The Morgan fingerprint density at radius 1 is 0.853 bits per heavy atom. The minimum absolute atomic E-state index is 0.344. The first-order valence-electron chi connectivity index (χ1n) is 11.3. The predicted molar refractivity (Wildman–Crippen MR) is 131 cm³/mol. The van der Waals surface area contributed by atoms with Crippen molar-refractivity contribution in [3.8, 4) is 0 Å². The number of esters is 1. The number of rotatable bonds is 7. The van der Waals surface area contributed by atoms with E-state index in [1.807, 2.05) is 37.3 Å². The zero-order valence-electron chi connectivity index (χ0n) is 19.3. The highest BCUT2D eigenvalue weighted by atomic mass is 16.5. The molecule has 0 unspecified atom stereocenters. The van der Waals surface area contributed by atoms with Gasteiger partial charge in [0.1, 0.15) is 0 Å². The van der Waals surface area contributed by atoms with Crippen molar-refractivity contribution in [1.82, 2.24) is 0 Å². The first-order chi connectivity index (χ1) is 16.6. The Labute approximate surface area is 199 Å². The summed E-state index contributed by atoms with van der Waals surface area (Å²) in [5.74, 6) is -0.348. The smallest absolute Gasteiger partial charge is 0.338 e. The summed E-state index contributed by atoms with van der Waals surface area (Å²) < 4.78 is 10.4. The second-order valence-electron chi connectivity index (χ2n) is 7.75. The van der Waals surface area contributed by atoms with Gasteiger partial charge in [0, 0.05) is 18.8 Å². The molecule has 0 amide bonds. The summed E-state index contributed by atoms with van der Waals surface area (Å²) in [5, 5.41) is 17.3. The van der Waals surface area contributed by atoms with Crippen LogP contribution in [0.25, 0.3) is 0 Å². The lowest BCUT2D eigenvalue weighted by molar-refractivity contribution is 0.0526. The van der Waals surface area contributed by atoms with Crippen molar-refractivity contribution in [3.05, 3.63) is 77.9 Å². The number of azo groups is 2.